The Bertz CT molecular complexity index is 346. The van der Waals surface area contributed by atoms with Gasteiger partial charge in [0, 0.05) is 5.92 Å². The molecular formula is C12H15NO. The maximum absolute atomic E-state index is 7.65. The van der Waals surface area contributed by atoms with E-state index in [9.17, 15) is 0 Å². The largest absolute Gasteiger partial charge is 0.484 e. The maximum Gasteiger partial charge on any atom is 0.183 e. The van der Waals surface area contributed by atoms with Crippen molar-refractivity contribution in [1.29, 1.82) is 5.41 Å². The van der Waals surface area contributed by atoms with Crippen molar-refractivity contribution in [2.45, 2.75) is 19.3 Å². The molecule has 2 nitrogen and oxygen atoms in total. The van der Waals surface area contributed by atoms with Crippen molar-refractivity contribution in [2.24, 2.45) is 5.92 Å². The van der Waals surface area contributed by atoms with Crippen molar-refractivity contribution in [1.82, 2.24) is 0 Å². The lowest BCUT2D eigenvalue weighted by Gasteiger charge is -2.23. The Hall–Kier alpha value is -1.31. The van der Waals surface area contributed by atoms with Crippen LogP contribution in [0.2, 0.25) is 0 Å². The number of benzene rings is 1. The molecule has 1 atom stereocenters. The van der Waals surface area contributed by atoms with E-state index in [0.717, 1.165) is 19.3 Å². The molecule has 1 unspecified atom stereocenters. The van der Waals surface area contributed by atoms with E-state index in [1.165, 1.54) is 11.1 Å². The van der Waals surface area contributed by atoms with Gasteiger partial charge in [0.15, 0.2) is 5.90 Å². The molecule has 0 amide bonds. The van der Waals surface area contributed by atoms with Gasteiger partial charge in [-0.1, -0.05) is 24.3 Å². The molecule has 0 bridgehead atoms. The van der Waals surface area contributed by atoms with Gasteiger partial charge in [0.25, 0.3) is 0 Å². The van der Waals surface area contributed by atoms with Gasteiger partial charge in [0.05, 0.1) is 7.11 Å². The summed E-state index contributed by atoms with van der Waals surface area (Å²) in [4.78, 5) is 0. The monoisotopic (exact) mass is 189 g/mol. The van der Waals surface area contributed by atoms with Gasteiger partial charge in [-0.15, -0.1) is 0 Å². The lowest BCUT2D eigenvalue weighted by molar-refractivity contribution is 0.349. The molecule has 0 radical (unpaired) electrons. The van der Waals surface area contributed by atoms with Crippen LogP contribution in [0, 0.1) is 11.3 Å². The van der Waals surface area contributed by atoms with Crippen LogP contribution < -0.4 is 0 Å². The fourth-order valence-corrected chi connectivity index (χ4v) is 2.09. The number of rotatable bonds is 1. The van der Waals surface area contributed by atoms with E-state index in [2.05, 4.69) is 24.3 Å². The lowest BCUT2D eigenvalue weighted by atomic mass is 9.84. The van der Waals surface area contributed by atoms with Crippen LogP contribution in [0.5, 0.6) is 0 Å². The van der Waals surface area contributed by atoms with Crippen molar-refractivity contribution in [3.63, 3.8) is 0 Å². The van der Waals surface area contributed by atoms with Crippen molar-refractivity contribution >= 4 is 5.90 Å². The second-order valence-electron chi connectivity index (χ2n) is 3.78. The Kier molecular flexibility index (Phi) is 2.53. The molecule has 0 spiro atoms. The number of hydrogen-bond acceptors (Lipinski definition) is 2. The van der Waals surface area contributed by atoms with Gasteiger partial charge in [-0.3, -0.25) is 5.41 Å². The first-order valence-corrected chi connectivity index (χ1v) is 5.00. The summed E-state index contributed by atoms with van der Waals surface area (Å²) in [7, 11) is 1.59. The highest BCUT2D eigenvalue weighted by atomic mass is 16.5. The Morgan fingerprint density at radius 2 is 2.07 bits per heavy atom. The molecule has 1 N–H and O–H groups in total. The third-order valence-corrected chi connectivity index (χ3v) is 2.94. The second kappa shape index (κ2) is 3.82. The van der Waals surface area contributed by atoms with Crippen molar-refractivity contribution in [3.8, 4) is 0 Å². The first-order valence-electron chi connectivity index (χ1n) is 5.00. The molecule has 74 valence electrons. The highest BCUT2D eigenvalue weighted by molar-refractivity contribution is 5.76. The number of fused-ring (bicyclic) bond motifs is 1. The first kappa shape index (κ1) is 9.25. The van der Waals surface area contributed by atoms with Gasteiger partial charge in [-0.25, -0.2) is 0 Å². The quantitative estimate of drug-likeness (QED) is 0.534. The van der Waals surface area contributed by atoms with Crippen LogP contribution in [0.25, 0.3) is 0 Å². The molecule has 1 aromatic carbocycles. The van der Waals surface area contributed by atoms with E-state index in [1.807, 2.05) is 0 Å². The molecule has 2 heteroatoms. The summed E-state index contributed by atoms with van der Waals surface area (Å²) in [5, 5.41) is 7.65. The van der Waals surface area contributed by atoms with Gasteiger partial charge in [-0.2, -0.15) is 0 Å². The summed E-state index contributed by atoms with van der Waals surface area (Å²) < 4.78 is 4.99. The number of aryl methyl sites for hydroxylation is 1. The maximum atomic E-state index is 7.65. The van der Waals surface area contributed by atoms with E-state index in [0.29, 0.717) is 5.90 Å². The molecule has 0 heterocycles. The highest BCUT2D eigenvalue weighted by Gasteiger charge is 2.22. The molecule has 0 fully saturated rings. The standard InChI is InChI=1S/C12H15NO/c1-14-12(13)11-7-6-9-4-2-3-5-10(9)8-11/h2-5,11,13H,6-8H2,1H3. The third-order valence-electron chi connectivity index (χ3n) is 2.94. The van der Waals surface area contributed by atoms with Crippen molar-refractivity contribution in [3.05, 3.63) is 35.4 Å². The molecule has 0 aliphatic heterocycles. The zero-order valence-electron chi connectivity index (χ0n) is 8.42. The molecular weight excluding hydrogens is 174 g/mol. The molecule has 1 aliphatic carbocycles. The highest BCUT2D eigenvalue weighted by Crippen LogP contribution is 2.25. The fraction of sp³-hybridized carbons (Fsp3) is 0.417. The summed E-state index contributed by atoms with van der Waals surface area (Å²) in [6.45, 7) is 0. The molecule has 0 saturated carbocycles. The summed E-state index contributed by atoms with van der Waals surface area (Å²) in [6.07, 6.45) is 3.08. The average molecular weight is 189 g/mol. The Balaban J connectivity index is 2.17. The van der Waals surface area contributed by atoms with Crippen LogP contribution in [0.15, 0.2) is 24.3 Å². The molecule has 1 aromatic rings. The van der Waals surface area contributed by atoms with E-state index < -0.39 is 0 Å². The summed E-state index contributed by atoms with van der Waals surface area (Å²) >= 11 is 0. The fourth-order valence-electron chi connectivity index (χ4n) is 2.09. The Morgan fingerprint density at radius 1 is 1.36 bits per heavy atom. The van der Waals surface area contributed by atoms with Crippen LogP contribution in [-0.4, -0.2) is 13.0 Å². The lowest BCUT2D eigenvalue weighted by Crippen LogP contribution is -2.23. The minimum absolute atomic E-state index is 0.287. The molecule has 0 aromatic heterocycles. The Morgan fingerprint density at radius 3 is 2.79 bits per heavy atom. The van der Waals surface area contributed by atoms with E-state index in [1.54, 1.807) is 7.11 Å². The van der Waals surface area contributed by atoms with Crippen molar-refractivity contribution < 1.29 is 4.74 Å². The first-order chi connectivity index (χ1) is 6.81. The normalized spacial score (nSPS) is 19.9. The van der Waals surface area contributed by atoms with E-state index in [4.69, 9.17) is 10.1 Å². The molecule has 0 saturated heterocycles. The number of methoxy groups -OCH3 is 1. The minimum Gasteiger partial charge on any atom is -0.484 e. The van der Waals surface area contributed by atoms with Gasteiger partial charge < -0.3 is 4.74 Å². The van der Waals surface area contributed by atoms with Crippen LogP contribution in [0.3, 0.4) is 0 Å². The average Bonchev–Trinajstić information content (AvgIpc) is 2.27. The predicted molar refractivity (Wildman–Crippen MR) is 56.7 cm³/mol. The summed E-state index contributed by atoms with van der Waals surface area (Å²) in [6, 6.07) is 8.49. The van der Waals surface area contributed by atoms with Crippen LogP contribution in [0.4, 0.5) is 0 Å². The molecule has 1 aliphatic rings. The van der Waals surface area contributed by atoms with E-state index in [-0.39, 0.29) is 5.92 Å². The number of hydrogen-bond donors (Lipinski definition) is 1. The predicted octanol–water partition coefficient (Wildman–Crippen LogP) is 2.42. The minimum atomic E-state index is 0.287. The van der Waals surface area contributed by atoms with E-state index >= 15 is 0 Å². The van der Waals surface area contributed by atoms with Gasteiger partial charge >= 0.3 is 0 Å². The van der Waals surface area contributed by atoms with Crippen molar-refractivity contribution in [2.75, 3.05) is 7.11 Å². The van der Waals surface area contributed by atoms with Gasteiger partial charge in [-0.05, 0) is 30.4 Å². The third kappa shape index (κ3) is 1.65. The van der Waals surface area contributed by atoms with Gasteiger partial charge in [0.2, 0.25) is 0 Å². The molecule has 2 rings (SSSR count). The number of ether oxygens (including phenoxy) is 1. The summed E-state index contributed by atoms with van der Waals surface area (Å²) in [5.74, 6) is 0.717. The Labute approximate surface area is 84.4 Å². The summed E-state index contributed by atoms with van der Waals surface area (Å²) in [5.41, 5.74) is 2.82. The smallest absolute Gasteiger partial charge is 0.183 e. The topological polar surface area (TPSA) is 33.1 Å². The molecule has 14 heavy (non-hydrogen) atoms. The zero-order valence-corrected chi connectivity index (χ0v) is 8.42. The van der Waals surface area contributed by atoms with Crippen LogP contribution in [-0.2, 0) is 17.6 Å². The van der Waals surface area contributed by atoms with Crippen LogP contribution in [0.1, 0.15) is 17.5 Å². The second-order valence-corrected chi connectivity index (χ2v) is 3.78. The number of nitrogens with one attached hydrogen (secondary N) is 1. The van der Waals surface area contributed by atoms with Crippen LogP contribution >= 0.6 is 0 Å². The zero-order chi connectivity index (χ0) is 9.97. The SMILES string of the molecule is COC(=N)C1CCc2ccccc2C1. The van der Waals surface area contributed by atoms with Gasteiger partial charge in [0.1, 0.15) is 0 Å².